The van der Waals surface area contributed by atoms with E-state index in [0.29, 0.717) is 32.5 Å². The van der Waals surface area contributed by atoms with Crippen molar-refractivity contribution < 1.29 is 9.59 Å². The first kappa shape index (κ1) is 19.3. The highest BCUT2D eigenvalue weighted by molar-refractivity contribution is 5.85. The molecule has 0 saturated carbocycles. The van der Waals surface area contributed by atoms with Crippen LogP contribution in [0.1, 0.15) is 18.4 Å². The summed E-state index contributed by atoms with van der Waals surface area (Å²) in [6.45, 7) is 2.55. The number of hydrogen-bond donors (Lipinski definition) is 0. The topological polar surface area (TPSA) is 56.8 Å². The van der Waals surface area contributed by atoms with Crippen LogP contribution in [-0.2, 0) is 16.1 Å². The van der Waals surface area contributed by atoms with Crippen LogP contribution in [0.15, 0.2) is 36.5 Å². The van der Waals surface area contributed by atoms with E-state index in [0.717, 1.165) is 23.0 Å². The van der Waals surface area contributed by atoms with E-state index in [1.807, 2.05) is 56.4 Å². The summed E-state index contributed by atoms with van der Waals surface area (Å²) in [4.78, 5) is 35.2. The van der Waals surface area contributed by atoms with Crippen LogP contribution in [-0.4, -0.2) is 72.3 Å². The van der Waals surface area contributed by atoms with Crippen molar-refractivity contribution in [1.29, 1.82) is 0 Å². The van der Waals surface area contributed by atoms with Gasteiger partial charge in [0, 0.05) is 51.2 Å². The SMILES string of the molecule is CN(C)CCN1CC(C(=O)N(C)Cc2cccc3ncccc23)CCC1=O. The van der Waals surface area contributed by atoms with E-state index < -0.39 is 0 Å². The molecule has 2 aromatic rings. The maximum atomic E-state index is 13.0. The zero-order valence-electron chi connectivity index (χ0n) is 16.4. The lowest BCUT2D eigenvalue weighted by Gasteiger charge is -2.34. The summed E-state index contributed by atoms with van der Waals surface area (Å²) in [5.74, 6) is 0.143. The van der Waals surface area contributed by atoms with E-state index in [4.69, 9.17) is 0 Å². The van der Waals surface area contributed by atoms with Crippen molar-refractivity contribution in [3.63, 3.8) is 0 Å². The second kappa shape index (κ2) is 8.48. The molecule has 1 saturated heterocycles. The molecule has 1 aliphatic heterocycles. The third-order valence-electron chi connectivity index (χ3n) is 5.19. The van der Waals surface area contributed by atoms with Crippen LogP contribution in [0.5, 0.6) is 0 Å². The number of nitrogens with zero attached hydrogens (tertiary/aromatic N) is 4. The zero-order chi connectivity index (χ0) is 19.4. The van der Waals surface area contributed by atoms with Crippen molar-refractivity contribution in [2.75, 3.05) is 40.8 Å². The first-order chi connectivity index (χ1) is 13.0. The van der Waals surface area contributed by atoms with Gasteiger partial charge in [-0.3, -0.25) is 14.6 Å². The quantitative estimate of drug-likeness (QED) is 0.783. The van der Waals surface area contributed by atoms with Gasteiger partial charge in [0.1, 0.15) is 0 Å². The van der Waals surface area contributed by atoms with Gasteiger partial charge in [0.25, 0.3) is 0 Å². The highest BCUT2D eigenvalue weighted by Gasteiger charge is 2.31. The lowest BCUT2D eigenvalue weighted by molar-refractivity contribution is -0.142. The minimum atomic E-state index is -0.122. The Kier molecular flexibility index (Phi) is 6.06. The molecule has 6 nitrogen and oxygen atoms in total. The van der Waals surface area contributed by atoms with Gasteiger partial charge in [-0.25, -0.2) is 0 Å². The van der Waals surface area contributed by atoms with Gasteiger partial charge in [0.2, 0.25) is 11.8 Å². The van der Waals surface area contributed by atoms with Crippen LogP contribution in [0.2, 0.25) is 0 Å². The van der Waals surface area contributed by atoms with Gasteiger partial charge in [0.15, 0.2) is 0 Å². The number of benzene rings is 1. The molecule has 0 bridgehead atoms. The number of piperidine rings is 1. The molecule has 3 rings (SSSR count). The molecule has 1 atom stereocenters. The smallest absolute Gasteiger partial charge is 0.227 e. The van der Waals surface area contributed by atoms with E-state index in [1.165, 1.54) is 0 Å². The van der Waals surface area contributed by atoms with Gasteiger partial charge in [-0.2, -0.15) is 0 Å². The molecule has 1 fully saturated rings. The summed E-state index contributed by atoms with van der Waals surface area (Å²) in [7, 11) is 5.83. The second-order valence-corrected chi connectivity index (χ2v) is 7.56. The lowest BCUT2D eigenvalue weighted by atomic mass is 9.95. The Balaban J connectivity index is 1.66. The van der Waals surface area contributed by atoms with Crippen LogP contribution >= 0.6 is 0 Å². The van der Waals surface area contributed by atoms with Crippen molar-refractivity contribution in [1.82, 2.24) is 19.7 Å². The molecule has 0 N–H and O–H groups in total. The summed E-state index contributed by atoms with van der Waals surface area (Å²) in [6, 6.07) is 9.96. The first-order valence-electron chi connectivity index (χ1n) is 9.46. The number of carbonyl (C=O) groups is 2. The molecular weight excluding hydrogens is 340 g/mol. The molecule has 2 amide bonds. The summed E-state index contributed by atoms with van der Waals surface area (Å²) < 4.78 is 0. The number of likely N-dealkylation sites (tertiary alicyclic amines) is 1. The average Bonchev–Trinajstić information content (AvgIpc) is 2.67. The predicted molar refractivity (Wildman–Crippen MR) is 106 cm³/mol. The first-order valence-corrected chi connectivity index (χ1v) is 9.46. The average molecular weight is 368 g/mol. The largest absolute Gasteiger partial charge is 0.341 e. The van der Waals surface area contributed by atoms with Crippen LogP contribution in [0.25, 0.3) is 10.9 Å². The normalized spacial score (nSPS) is 17.6. The Hall–Kier alpha value is -2.47. The maximum Gasteiger partial charge on any atom is 0.227 e. The molecule has 1 aromatic carbocycles. The monoisotopic (exact) mass is 368 g/mol. The minimum absolute atomic E-state index is 0.109. The fourth-order valence-electron chi connectivity index (χ4n) is 3.60. The number of pyridine rings is 1. The van der Waals surface area contributed by atoms with Gasteiger partial charge in [-0.15, -0.1) is 0 Å². The fourth-order valence-corrected chi connectivity index (χ4v) is 3.60. The van der Waals surface area contributed by atoms with Gasteiger partial charge in [-0.1, -0.05) is 18.2 Å². The molecule has 6 heteroatoms. The van der Waals surface area contributed by atoms with Gasteiger partial charge < -0.3 is 14.7 Å². The van der Waals surface area contributed by atoms with Crippen LogP contribution in [0.3, 0.4) is 0 Å². The van der Waals surface area contributed by atoms with Crippen molar-refractivity contribution in [3.8, 4) is 0 Å². The summed E-state index contributed by atoms with van der Waals surface area (Å²) >= 11 is 0. The summed E-state index contributed by atoms with van der Waals surface area (Å²) in [5.41, 5.74) is 2.03. The number of hydrogen-bond acceptors (Lipinski definition) is 4. The highest BCUT2D eigenvalue weighted by Crippen LogP contribution is 2.22. The van der Waals surface area contributed by atoms with Crippen molar-refractivity contribution >= 4 is 22.7 Å². The third kappa shape index (κ3) is 4.63. The molecule has 144 valence electrons. The zero-order valence-corrected chi connectivity index (χ0v) is 16.4. The van der Waals surface area contributed by atoms with E-state index in [9.17, 15) is 9.59 Å². The van der Waals surface area contributed by atoms with Gasteiger partial charge >= 0.3 is 0 Å². The molecule has 0 aliphatic carbocycles. The van der Waals surface area contributed by atoms with E-state index in [-0.39, 0.29) is 17.7 Å². The van der Waals surface area contributed by atoms with Crippen LogP contribution in [0, 0.1) is 5.92 Å². The molecule has 1 aliphatic rings. The van der Waals surface area contributed by atoms with E-state index >= 15 is 0 Å². The Morgan fingerprint density at radius 3 is 2.81 bits per heavy atom. The summed E-state index contributed by atoms with van der Waals surface area (Å²) in [5, 5.41) is 1.08. The number of fused-ring (bicyclic) bond motifs is 1. The molecule has 0 radical (unpaired) electrons. The van der Waals surface area contributed by atoms with Crippen molar-refractivity contribution in [2.45, 2.75) is 19.4 Å². The van der Waals surface area contributed by atoms with Crippen LogP contribution < -0.4 is 0 Å². The van der Waals surface area contributed by atoms with E-state index in [2.05, 4.69) is 9.88 Å². The highest BCUT2D eigenvalue weighted by atomic mass is 16.2. The molecule has 0 spiro atoms. The molecule has 1 aromatic heterocycles. The minimum Gasteiger partial charge on any atom is -0.341 e. The summed E-state index contributed by atoms with van der Waals surface area (Å²) in [6.07, 6.45) is 2.87. The van der Waals surface area contributed by atoms with Crippen LogP contribution in [0.4, 0.5) is 0 Å². The van der Waals surface area contributed by atoms with Gasteiger partial charge in [0.05, 0.1) is 11.4 Å². The predicted octanol–water partition coefficient (Wildman–Crippen LogP) is 1.99. The second-order valence-electron chi connectivity index (χ2n) is 7.56. The molecule has 1 unspecified atom stereocenters. The van der Waals surface area contributed by atoms with Crippen molar-refractivity contribution in [3.05, 3.63) is 42.1 Å². The van der Waals surface area contributed by atoms with Gasteiger partial charge in [-0.05, 0) is 38.2 Å². The Bertz CT molecular complexity index is 815. The Morgan fingerprint density at radius 1 is 1.22 bits per heavy atom. The van der Waals surface area contributed by atoms with Crippen molar-refractivity contribution in [2.24, 2.45) is 5.92 Å². The Morgan fingerprint density at radius 2 is 2.04 bits per heavy atom. The number of likely N-dealkylation sites (N-methyl/N-ethyl adjacent to an activating group) is 1. The Labute approximate surface area is 160 Å². The lowest BCUT2D eigenvalue weighted by Crippen LogP contribution is -2.47. The number of aromatic nitrogens is 1. The van der Waals surface area contributed by atoms with E-state index in [1.54, 1.807) is 11.1 Å². The standard InChI is InChI=1S/C21H28N4O2/c1-23(2)12-13-25-15-17(9-10-20(25)26)21(27)24(3)14-16-6-4-8-19-18(16)7-5-11-22-19/h4-8,11,17H,9-10,12-15H2,1-3H3. The molecular formula is C21H28N4O2. The molecule has 27 heavy (non-hydrogen) atoms. The maximum absolute atomic E-state index is 13.0. The number of carbonyl (C=O) groups excluding carboxylic acids is 2. The third-order valence-corrected chi connectivity index (χ3v) is 5.19. The number of rotatable bonds is 6. The number of amides is 2. The fraction of sp³-hybridized carbons (Fsp3) is 0.476. The molecule has 2 heterocycles.